The molecule has 0 aliphatic heterocycles. The van der Waals surface area contributed by atoms with Crippen LogP contribution in [0.15, 0.2) is 24.3 Å². The van der Waals surface area contributed by atoms with Crippen molar-refractivity contribution in [3.63, 3.8) is 0 Å². The third kappa shape index (κ3) is 3.08. The smallest absolute Gasteiger partial charge is 0.0991 e. The monoisotopic (exact) mass is 257 g/mol. The molecule has 3 nitrogen and oxygen atoms in total. The second kappa shape index (κ2) is 6.58. The van der Waals surface area contributed by atoms with Gasteiger partial charge in [0.25, 0.3) is 0 Å². The van der Waals surface area contributed by atoms with E-state index >= 15 is 0 Å². The third-order valence-electron chi connectivity index (χ3n) is 4.24. The van der Waals surface area contributed by atoms with Gasteiger partial charge in [0.15, 0.2) is 0 Å². The highest BCUT2D eigenvalue weighted by molar-refractivity contribution is 5.50. The van der Waals surface area contributed by atoms with Crippen molar-refractivity contribution in [1.29, 1.82) is 5.26 Å². The molecule has 1 aromatic carbocycles. The van der Waals surface area contributed by atoms with Gasteiger partial charge in [-0.1, -0.05) is 12.8 Å². The molecule has 19 heavy (non-hydrogen) atoms. The van der Waals surface area contributed by atoms with Crippen LogP contribution in [0.4, 0.5) is 5.69 Å². The minimum Gasteiger partial charge on any atom is -0.368 e. The van der Waals surface area contributed by atoms with Gasteiger partial charge in [-0.05, 0) is 56.5 Å². The Morgan fingerprint density at radius 1 is 1.26 bits per heavy atom. The van der Waals surface area contributed by atoms with Crippen molar-refractivity contribution in [1.82, 2.24) is 0 Å². The van der Waals surface area contributed by atoms with E-state index in [1.54, 1.807) is 0 Å². The summed E-state index contributed by atoms with van der Waals surface area (Å²) in [5.74, 6) is 0.601. The Morgan fingerprint density at radius 2 is 1.95 bits per heavy atom. The highest BCUT2D eigenvalue weighted by Crippen LogP contribution is 2.31. The first-order valence-electron chi connectivity index (χ1n) is 7.27. The second-order valence-electron chi connectivity index (χ2n) is 5.29. The van der Waals surface area contributed by atoms with Gasteiger partial charge in [0, 0.05) is 18.3 Å². The van der Waals surface area contributed by atoms with Crippen molar-refractivity contribution in [3.05, 3.63) is 29.8 Å². The van der Waals surface area contributed by atoms with Crippen LogP contribution in [0.2, 0.25) is 0 Å². The van der Waals surface area contributed by atoms with Crippen LogP contribution in [-0.2, 0) is 0 Å². The standard InChI is InChI=1S/C16H23N3/c1-2-19(15-9-7-13(11-17)8-10-15)16-6-4-3-5-14(16)12-18/h7-10,14,16H,2-6,12,18H2,1H3. The van der Waals surface area contributed by atoms with Crippen LogP contribution in [0.3, 0.4) is 0 Å². The van der Waals surface area contributed by atoms with E-state index in [1.165, 1.54) is 31.4 Å². The van der Waals surface area contributed by atoms with E-state index in [0.29, 0.717) is 12.0 Å². The number of nitrogens with zero attached hydrogens (tertiary/aromatic N) is 2. The fourth-order valence-corrected chi connectivity index (χ4v) is 3.21. The average molecular weight is 257 g/mol. The third-order valence-corrected chi connectivity index (χ3v) is 4.24. The van der Waals surface area contributed by atoms with Crippen molar-refractivity contribution in [2.45, 2.75) is 38.6 Å². The normalized spacial score (nSPS) is 22.8. The first-order chi connectivity index (χ1) is 9.30. The molecule has 1 aromatic rings. The largest absolute Gasteiger partial charge is 0.368 e. The molecule has 1 fully saturated rings. The summed E-state index contributed by atoms with van der Waals surface area (Å²) >= 11 is 0. The molecule has 2 unspecified atom stereocenters. The molecule has 1 aliphatic carbocycles. The zero-order chi connectivity index (χ0) is 13.7. The molecule has 0 heterocycles. The summed E-state index contributed by atoms with van der Waals surface area (Å²) in [6.07, 6.45) is 5.08. The fraction of sp³-hybridized carbons (Fsp3) is 0.562. The minimum atomic E-state index is 0.552. The summed E-state index contributed by atoms with van der Waals surface area (Å²) in [4.78, 5) is 2.46. The molecule has 2 atom stereocenters. The van der Waals surface area contributed by atoms with Crippen molar-refractivity contribution >= 4 is 5.69 Å². The molecule has 1 aliphatic rings. The van der Waals surface area contributed by atoms with Gasteiger partial charge >= 0.3 is 0 Å². The van der Waals surface area contributed by atoms with Crippen LogP contribution < -0.4 is 10.6 Å². The highest BCUT2D eigenvalue weighted by Gasteiger charge is 2.28. The van der Waals surface area contributed by atoms with E-state index in [9.17, 15) is 0 Å². The second-order valence-corrected chi connectivity index (χ2v) is 5.29. The lowest BCUT2D eigenvalue weighted by molar-refractivity contribution is 0.300. The summed E-state index contributed by atoms with van der Waals surface area (Å²) in [5, 5.41) is 8.87. The predicted molar refractivity (Wildman–Crippen MR) is 79.0 cm³/mol. The lowest BCUT2D eigenvalue weighted by atomic mass is 9.83. The maximum atomic E-state index is 8.87. The summed E-state index contributed by atoms with van der Waals surface area (Å²) in [7, 11) is 0. The number of benzene rings is 1. The maximum absolute atomic E-state index is 8.87. The van der Waals surface area contributed by atoms with Gasteiger partial charge in [-0.15, -0.1) is 0 Å². The molecule has 2 N–H and O–H groups in total. The van der Waals surface area contributed by atoms with Crippen LogP contribution in [0.25, 0.3) is 0 Å². The van der Waals surface area contributed by atoms with Crippen molar-refractivity contribution in [2.75, 3.05) is 18.0 Å². The zero-order valence-electron chi connectivity index (χ0n) is 11.7. The number of hydrogen-bond donors (Lipinski definition) is 1. The molecule has 0 amide bonds. The molecule has 0 radical (unpaired) electrons. The lowest BCUT2D eigenvalue weighted by Crippen LogP contribution is -2.45. The molecule has 3 heteroatoms. The van der Waals surface area contributed by atoms with Gasteiger partial charge < -0.3 is 10.6 Å². The number of nitrogens with two attached hydrogens (primary N) is 1. The Hall–Kier alpha value is -1.53. The number of rotatable bonds is 4. The minimum absolute atomic E-state index is 0.552. The molecular formula is C16H23N3. The molecule has 102 valence electrons. The zero-order valence-corrected chi connectivity index (χ0v) is 11.7. The van der Waals surface area contributed by atoms with Crippen molar-refractivity contribution < 1.29 is 0 Å². The predicted octanol–water partition coefficient (Wildman–Crippen LogP) is 2.90. The molecule has 0 bridgehead atoms. The summed E-state index contributed by atoms with van der Waals surface area (Å²) < 4.78 is 0. The highest BCUT2D eigenvalue weighted by atomic mass is 15.2. The van der Waals surface area contributed by atoms with Crippen molar-refractivity contribution in [3.8, 4) is 6.07 Å². The van der Waals surface area contributed by atoms with E-state index in [0.717, 1.165) is 18.7 Å². The van der Waals surface area contributed by atoms with E-state index < -0.39 is 0 Å². The SMILES string of the molecule is CCN(c1ccc(C#N)cc1)C1CCCCC1CN. The van der Waals surface area contributed by atoms with Gasteiger partial charge in [-0.25, -0.2) is 0 Å². The first kappa shape index (κ1) is 13.9. The molecular weight excluding hydrogens is 234 g/mol. The molecule has 2 rings (SSSR count). The van der Waals surface area contributed by atoms with E-state index in [1.807, 2.05) is 12.1 Å². The van der Waals surface area contributed by atoms with Crippen LogP contribution in [0, 0.1) is 17.2 Å². The Kier molecular flexibility index (Phi) is 4.81. The Labute approximate surface area is 116 Å². The Bertz CT molecular complexity index is 432. The van der Waals surface area contributed by atoms with E-state index in [4.69, 9.17) is 11.0 Å². The average Bonchev–Trinajstić information content (AvgIpc) is 2.49. The van der Waals surface area contributed by atoms with Gasteiger partial charge in [0.1, 0.15) is 0 Å². The maximum Gasteiger partial charge on any atom is 0.0991 e. The van der Waals surface area contributed by atoms with Gasteiger partial charge in [0.05, 0.1) is 11.6 Å². The van der Waals surface area contributed by atoms with E-state index in [-0.39, 0.29) is 0 Å². The quantitative estimate of drug-likeness (QED) is 0.902. The molecule has 0 spiro atoms. The van der Waals surface area contributed by atoms with Crippen molar-refractivity contribution in [2.24, 2.45) is 11.7 Å². The Morgan fingerprint density at radius 3 is 2.53 bits per heavy atom. The van der Waals surface area contributed by atoms with Gasteiger partial charge in [-0.2, -0.15) is 5.26 Å². The number of hydrogen-bond acceptors (Lipinski definition) is 3. The number of nitriles is 1. The summed E-state index contributed by atoms with van der Waals surface area (Å²) in [6, 6.07) is 10.6. The van der Waals surface area contributed by atoms with Crippen LogP contribution in [0.1, 0.15) is 38.2 Å². The first-order valence-corrected chi connectivity index (χ1v) is 7.27. The fourth-order valence-electron chi connectivity index (χ4n) is 3.21. The van der Waals surface area contributed by atoms with Gasteiger partial charge in [0.2, 0.25) is 0 Å². The summed E-state index contributed by atoms with van der Waals surface area (Å²) in [6.45, 7) is 3.96. The van der Waals surface area contributed by atoms with E-state index in [2.05, 4.69) is 30.0 Å². The van der Waals surface area contributed by atoms with Crippen LogP contribution in [-0.4, -0.2) is 19.1 Å². The topological polar surface area (TPSA) is 53.0 Å². The Balaban J connectivity index is 2.19. The van der Waals surface area contributed by atoms with Crippen LogP contribution in [0.5, 0.6) is 0 Å². The lowest BCUT2D eigenvalue weighted by Gasteiger charge is -2.40. The molecule has 1 saturated carbocycles. The van der Waals surface area contributed by atoms with Crippen LogP contribution >= 0.6 is 0 Å². The molecule has 0 aromatic heterocycles. The number of anilines is 1. The van der Waals surface area contributed by atoms with Gasteiger partial charge in [-0.3, -0.25) is 0 Å². The molecule has 0 saturated heterocycles. The summed E-state index contributed by atoms with van der Waals surface area (Å²) in [5.41, 5.74) is 7.88.